The van der Waals surface area contributed by atoms with Gasteiger partial charge in [0.1, 0.15) is 19.0 Å². The molecule has 0 saturated carbocycles. The minimum Gasteiger partial charge on any atom is -0.364 e. The lowest BCUT2D eigenvalue weighted by Gasteiger charge is -2.23. The number of rotatable bonds is 9. The van der Waals surface area contributed by atoms with Gasteiger partial charge in [-0.2, -0.15) is 0 Å². The van der Waals surface area contributed by atoms with Gasteiger partial charge >= 0.3 is 0 Å². The molecule has 1 atom stereocenters. The minimum absolute atomic E-state index is 0.0593. The fourth-order valence-corrected chi connectivity index (χ4v) is 3.63. The standard InChI is InChI=1S/C25H31N3O3/c1-16(2)13-18-9-11-19(12-10-18)24(17(3)4)28-23(29)15-31-14-22-26-21-8-6-5-7-20(21)25(30)27-22/h5-12,16-17,24H,13-15H2,1-4H3,(H,28,29)(H,26,27,30). The van der Waals surface area contributed by atoms with Crippen LogP contribution >= 0.6 is 0 Å². The summed E-state index contributed by atoms with van der Waals surface area (Å²) in [6.07, 6.45) is 1.04. The maximum Gasteiger partial charge on any atom is 0.258 e. The zero-order chi connectivity index (χ0) is 22.4. The van der Waals surface area contributed by atoms with E-state index in [1.165, 1.54) is 5.56 Å². The molecule has 1 heterocycles. The number of amides is 1. The number of H-pyrrole nitrogens is 1. The number of hydrogen-bond donors (Lipinski definition) is 2. The van der Waals surface area contributed by atoms with Gasteiger partial charge in [-0.3, -0.25) is 9.59 Å². The fourth-order valence-electron chi connectivity index (χ4n) is 3.63. The lowest BCUT2D eigenvalue weighted by atomic mass is 9.93. The molecule has 0 radical (unpaired) electrons. The first kappa shape index (κ1) is 22.7. The highest BCUT2D eigenvalue weighted by Crippen LogP contribution is 2.22. The first-order chi connectivity index (χ1) is 14.8. The summed E-state index contributed by atoms with van der Waals surface area (Å²) in [5, 5.41) is 3.59. The van der Waals surface area contributed by atoms with Crippen molar-refractivity contribution in [3.63, 3.8) is 0 Å². The van der Waals surface area contributed by atoms with Crippen LogP contribution in [-0.2, 0) is 22.6 Å². The van der Waals surface area contributed by atoms with Gasteiger partial charge in [-0.15, -0.1) is 0 Å². The van der Waals surface area contributed by atoms with E-state index in [0.717, 1.165) is 12.0 Å². The van der Waals surface area contributed by atoms with Gasteiger partial charge in [0, 0.05) is 0 Å². The number of ether oxygens (including phenoxy) is 1. The van der Waals surface area contributed by atoms with Crippen molar-refractivity contribution < 1.29 is 9.53 Å². The number of nitrogens with one attached hydrogen (secondary N) is 2. The Hall–Kier alpha value is -2.99. The van der Waals surface area contributed by atoms with E-state index < -0.39 is 0 Å². The molecule has 0 bridgehead atoms. The third-order valence-electron chi connectivity index (χ3n) is 5.10. The second-order valence-corrected chi connectivity index (χ2v) is 8.65. The van der Waals surface area contributed by atoms with Crippen molar-refractivity contribution in [2.75, 3.05) is 6.61 Å². The van der Waals surface area contributed by atoms with E-state index in [-0.39, 0.29) is 36.6 Å². The summed E-state index contributed by atoms with van der Waals surface area (Å²) in [5.41, 5.74) is 2.77. The minimum atomic E-state index is -0.213. The number of para-hydroxylation sites is 1. The normalized spacial score (nSPS) is 12.5. The molecule has 6 heteroatoms. The maximum absolute atomic E-state index is 12.5. The third-order valence-corrected chi connectivity index (χ3v) is 5.10. The number of fused-ring (bicyclic) bond motifs is 1. The lowest BCUT2D eigenvalue weighted by Crippen LogP contribution is -2.34. The van der Waals surface area contributed by atoms with E-state index in [1.54, 1.807) is 18.2 Å². The molecule has 0 aliphatic rings. The number of carbonyl (C=O) groups excluding carboxylic acids is 1. The van der Waals surface area contributed by atoms with Crippen molar-refractivity contribution in [2.45, 2.75) is 46.8 Å². The third kappa shape index (κ3) is 6.25. The lowest BCUT2D eigenvalue weighted by molar-refractivity contribution is -0.127. The molecular formula is C25H31N3O3. The van der Waals surface area contributed by atoms with Crippen LogP contribution < -0.4 is 10.9 Å². The SMILES string of the molecule is CC(C)Cc1ccc(C(NC(=O)COCc2nc3ccccc3c(=O)[nH]2)C(C)C)cc1. The van der Waals surface area contributed by atoms with Crippen LogP contribution in [0.15, 0.2) is 53.3 Å². The Balaban J connectivity index is 1.57. The molecule has 0 fully saturated rings. The molecule has 3 rings (SSSR count). The van der Waals surface area contributed by atoms with Gasteiger partial charge in [0.15, 0.2) is 0 Å². The molecule has 6 nitrogen and oxygen atoms in total. The van der Waals surface area contributed by atoms with Gasteiger partial charge in [0.25, 0.3) is 5.56 Å². The Morgan fingerprint density at radius 1 is 1.06 bits per heavy atom. The molecule has 0 aliphatic carbocycles. The molecule has 31 heavy (non-hydrogen) atoms. The summed E-state index contributed by atoms with van der Waals surface area (Å²) in [6, 6.07) is 15.5. The first-order valence-electron chi connectivity index (χ1n) is 10.8. The molecule has 2 N–H and O–H groups in total. The van der Waals surface area contributed by atoms with Crippen LogP contribution in [0.4, 0.5) is 0 Å². The molecule has 0 saturated heterocycles. The predicted octanol–water partition coefficient (Wildman–Crippen LogP) is 4.15. The molecule has 0 spiro atoms. The summed E-state index contributed by atoms with van der Waals surface area (Å²) in [6.45, 7) is 8.52. The summed E-state index contributed by atoms with van der Waals surface area (Å²) < 4.78 is 5.52. The summed E-state index contributed by atoms with van der Waals surface area (Å²) in [5.74, 6) is 1.04. The maximum atomic E-state index is 12.5. The number of aromatic amines is 1. The smallest absolute Gasteiger partial charge is 0.258 e. The van der Waals surface area contributed by atoms with Crippen LogP contribution in [0.5, 0.6) is 0 Å². The van der Waals surface area contributed by atoms with Crippen LogP contribution in [0.25, 0.3) is 10.9 Å². The van der Waals surface area contributed by atoms with Crippen LogP contribution in [0.1, 0.15) is 50.7 Å². The monoisotopic (exact) mass is 421 g/mol. The molecule has 164 valence electrons. The Morgan fingerprint density at radius 3 is 2.45 bits per heavy atom. The van der Waals surface area contributed by atoms with Crippen LogP contribution in [0.2, 0.25) is 0 Å². The predicted molar refractivity (Wildman–Crippen MR) is 123 cm³/mol. The number of hydrogen-bond acceptors (Lipinski definition) is 4. The van der Waals surface area contributed by atoms with E-state index >= 15 is 0 Å². The molecule has 2 aromatic carbocycles. The van der Waals surface area contributed by atoms with Gasteiger partial charge < -0.3 is 15.0 Å². The Bertz CT molecular complexity index is 1070. The van der Waals surface area contributed by atoms with E-state index in [9.17, 15) is 9.59 Å². The molecule has 3 aromatic rings. The van der Waals surface area contributed by atoms with Gasteiger partial charge in [-0.05, 0) is 41.5 Å². The first-order valence-corrected chi connectivity index (χ1v) is 10.8. The number of aromatic nitrogens is 2. The Morgan fingerprint density at radius 2 is 1.77 bits per heavy atom. The van der Waals surface area contributed by atoms with E-state index in [1.807, 2.05) is 6.07 Å². The van der Waals surface area contributed by atoms with Crippen molar-refractivity contribution in [1.29, 1.82) is 0 Å². The number of carbonyl (C=O) groups is 1. The van der Waals surface area contributed by atoms with Gasteiger partial charge in [-0.1, -0.05) is 64.1 Å². The zero-order valence-electron chi connectivity index (χ0n) is 18.6. The van der Waals surface area contributed by atoms with Crippen LogP contribution in [0, 0.1) is 11.8 Å². The number of nitrogens with zero attached hydrogens (tertiary/aromatic N) is 1. The van der Waals surface area contributed by atoms with Crippen LogP contribution in [-0.4, -0.2) is 22.5 Å². The summed E-state index contributed by atoms with van der Waals surface area (Å²) in [7, 11) is 0. The highest BCUT2D eigenvalue weighted by molar-refractivity contribution is 5.78. The highest BCUT2D eigenvalue weighted by Gasteiger charge is 2.18. The molecule has 1 unspecified atom stereocenters. The largest absolute Gasteiger partial charge is 0.364 e. The second kappa shape index (κ2) is 10.4. The molecular weight excluding hydrogens is 390 g/mol. The molecule has 1 aromatic heterocycles. The van der Waals surface area contributed by atoms with Crippen molar-refractivity contribution in [1.82, 2.24) is 15.3 Å². The van der Waals surface area contributed by atoms with E-state index in [2.05, 4.69) is 67.2 Å². The van der Waals surface area contributed by atoms with Crippen molar-refractivity contribution in [3.05, 3.63) is 75.8 Å². The number of benzene rings is 2. The molecule has 1 amide bonds. The van der Waals surface area contributed by atoms with E-state index in [0.29, 0.717) is 22.6 Å². The average molecular weight is 422 g/mol. The summed E-state index contributed by atoms with van der Waals surface area (Å²) in [4.78, 5) is 31.7. The average Bonchev–Trinajstić information content (AvgIpc) is 2.72. The fraction of sp³-hybridized carbons (Fsp3) is 0.400. The van der Waals surface area contributed by atoms with Crippen molar-refractivity contribution in [2.24, 2.45) is 11.8 Å². The quantitative estimate of drug-likeness (QED) is 0.544. The van der Waals surface area contributed by atoms with Crippen molar-refractivity contribution in [3.8, 4) is 0 Å². The highest BCUT2D eigenvalue weighted by atomic mass is 16.5. The van der Waals surface area contributed by atoms with Gasteiger partial charge in [0.2, 0.25) is 5.91 Å². The Labute approximate surface area is 183 Å². The van der Waals surface area contributed by atoms with Crippen LogP contribution in [0.3, 0.4) is 0 Å². The van der Waals surface area contributed by atoms with Gasteiger partial charge in [-0.25, -0.2) is 4.98 Å². The molecule has 0 aliphatic heterocycles. The second-order valence-electron chi connectivity index (χ2n) is 8.65. The Kier molecular flexibility index (Phi) is 7.58. The topological polar surface area (TPSA) is 84.1 Å². The van der Waals surface area contributed by atoms with Crippen molar-refractivity contribution >= 4 is 16.8 Å². The summed E-state index contributed by atoms with van der Waals surface area (Å²) >= 11 is 0. The zero-order valence-corrected chi connectivity index (χ0v) is 18.6. The van der Waals surface area contributed by atoms with Gasteiger partial charge in [0.05, 0.1) is 16.9 Å². The van der Waals surface area contributed by atoms with E-state index in [4.69, 9.17) is 4.74 Å².